The van der Waals surface area contributed by atoms with Gasteiger partial charge in [-0.25, -0.2) is 9.37 Å². The quantitative estimate of drug-likeness (QED) is 0.193. The number of hydrogen-bond donors (Lipinski definition) is 2. The molecule has 0 aliphatic carbocycles. The number of hydrogen-bond acceptors (Lipinski definition) is 9. The van der Waals surface area contributed by atoms with Crippen LogP contribution in [0.2, 0.25) is 5.02 Å². The van der Waals surface area contributed by atoms with Gasteiger partial charge in [0.15, 0.2) is 11.5 Å². The third-order valence-electron chi connectivity index (χ3n) is 7.07. The summed E-state index contributed by atoms with van der Waals surface area (Å²) in [4.78, 5) is 15.5. The van der Waals surface area contributed by atoms with Crippen LogP contribution in [0, 0.1) is 5.82 Å². The maximum Gasteiger partial charge on any atom is 0.162 e. The molecule has 9 nitrogen and oxygen atoms in total. The Balaban J connectivity index is 1.35. The summed E-state index contributed by atoms with van der Waals surface area (Å²) in [5.41, 5.74) is 15.3. The van der Waals surface area contributed by atoms with E-state index in [0.29, 0.717) is 59.0 Å². The highest BCUT2D eigenvalue weighted by Crippen LogP contribution is 2.37. The molecule has 218 valence electrons. The zero-order chi connectivity index (χ0) is 29.8. The lowest BCUT2D eigenvalue weighted by atomic mass is 10.0. The van der Waals surface area contributed by atoms with Gasteiger partial charge in [0.25, 0.3) is 0 Å². The smallest absolute Gasteiger partial charge is 0.162 e. The number of likely N-dealkylation sites (N-methyl/N-ethyl adjacent to an activating group) is 1. The molecule has 0 amide bonds. The molecule has 0 aliphatic heterocycles. The fraction of sp³-hybridized carbons (Fsp3) is 0.258. The predicted molar refractivity (Wildman–Crippen MR) is 164 cm³/mol. The van der Waals surface area contributed by atoms with Crippen LogP contribution in [0.15, 0.2) is 61.1 Å². The molecule has 2 aromatic carbocycles. The Bertz CT molecular complexity index is 1720. The molecule has 11 heteroatoms. The van der Waals surface area contributed by atoms with Crippen molar-refractivity contribution in [1.82, 2.24) is 19.9 Å². The maximum absolute atomic E-state index is 14.3. The number of nitrogen functional groups attached to an aromatic ring is 1. The molecule has 0 radical (unpaired) electrons. The van der Waals surface area contributed by atoms with Crippen LogP contribution in [-0.4, -0.2) is 59.8 Å². The van der Waals surface area contributed by atoms with Gasteiger partial charge >= 0.3 is 0 Å². The lowest BCUT2D eigenvalue weighted by molar-refractivity contribution is 0.211. The van der Waals surface area contributed by atoms with Gasteiger partial charge in [-0.3, -0.25) is 14.9 Å². The van der Waals surface area contributed by atoms with Gasteiger partial charge in [-0.05, 0) is 42.3 Å². The van der Waals surface area contributed by atoms with Crippen LogP contribution in [0.4, 0.5) is 10.2 Å². The summed E-state index contributed by atoms with van der Waals surface area (Å²) in [5.74, 6) is 1.72. The summed E-state index contributed by atoms with van der Waals surface area (Å²) in [6, 6.07) is 11.8. The largest absolute Gasteiger partial charge is 0.493 e. The molecule has 3 heterocycles. The minimum Gasteiger partial charge on any atom is -0.493 e. The van der Waals surface area contributed by atoms with Gasteiger partial charge in [-0.1, -0.05) is 24.6 Å². The summed E-state index contributed by atoms with van der Waals surface area (Å²) in [6.07, 6.45) is 5.02. The molecule has 4 N–H and O–H groups in total. The van der Waals surface area contributed by atoms with Crippen molar-refractivity contribution in [3.8, 4) is 28.5 Å². The number of nitrogens with two attached hydrogens (primary N) is 2. The maximum atomic E-state index is 14.3. The first-order chi connectivity index (χ1) is 20.3. The van der Waals surface area contributed by atoms with Crippen LogP contribution in [-0.2, 0) is 6.54 Å². The molecule has 0 saturated carbocycles. The number of fused-ring (bicyclic) bond motifs is 3. The number of rotatable bonds is 11. The molecule has 5 rings (SSSR count). The van der Waals surface area contributed by atoms with E-state index in [1.165, 1.54) is 6.07 Å². The molecule has 5 aromatic rings. The van der Waals surface area contributed by atoms with Crippen LogP contribution in [0.3, 0.4) is 0 Å². The minimum absolute atomic E-state index is 0.234. The first-order valence-electron chi connectivity index (χ1n) is 13.4. The van der Waals surface area contributed by atoms with Crippen molar-refractivity contribution < 1.29 is 18.6 Å². The number of aromatic nitrogens is 3. The Morgan fingerprint density at radius 3 is 2.52 bits per heavy atom. The molecule has 0 saturated heterocycles. The zero-order valence-corrected chi connectivity index (χ0v) is 24.4. The molecule has 0 fully saturated rings. The molecular formula is C31H32ClFN6O3. The van der Waals surface area contributed by atoms with E-state index in [-0.39, 0.29) is 18.5 Å². The van der Waals surface area contributed by atoms with E-state index < -0.39 is 0 Å². The number of anilines is 1. The average molecular weight is 591 g/mol. The molecule has 0 bridgehead atoms. The van der Waals surface area contributed by atoms with Gasteiger partial charge in [0.2, 0.25) is 0 Å². The number of halogens is 2. The summed E-state index contributed by atoms with van der Waals surface area (Å²) in [6.45, 7) is 3.74. The fourth-order valence-corrected chi connectivity index (χ4v) is 5.07. The Hall–Kier alpha value is -4.25. The Morgan fingerprint density at radius 2 is 1.79 bits per heavy atom. The molecule has 3 aromatic heterocycles. The van der Waals surface area contributed by atoms with E-state index in [1.807, 2.05) is 36.1 Å². The zero-order valence-electron chi connectivity index (χ0n) is 23.6. The highest BCUT2D eigenvalue weighted by atomic mass is 35.5. The summed E-state index contributed by atoms with van der Waals surface area (Å²) >= 11 is 6.21. The normalized spacial score (nSPS) is 12.2. The molecule has 0 unspecified atom stereocenters. The molecule has 1 atom stereocenters. The Kier molecular flexibility index (Phi) is 8.86. The van der Waals surface area contributed by atoms with Crippen molar-refractivity contribution in [2.45, 2.75) is 19.5 Å². The average Bonchev–Trinajstić information content (AvgIpc) is 3.00. The first kappa shape index (κ1) is 29.2. The fourth-order valence-electron chi connectivity index (χ4n) is 4.84. The van der Waals surface area contributed by atoms with Crippen LogP contribution >= 0.6 is 11.6 Å². The summed E-state index contributed by atoms with van der Waals surface area (Å²) in [7, 11) is 3.17. The third kappa shape index (κ3) is 6.15. The minimum atomic E-state index is -0.334. The summed E-state index contributed by atoms with van der Waals surface area (Å²) < 4.78 is 31.2. The van der Waals surface area contributed by atoms with Gasteiger partial charge in [0.05, 0.1) is 37.7 Å². The number of nitrogens with zero attached hydrogens (tertiary/aromatic N) is 4. The molecular weight excluding hydrogens is 559 g/mol. The van der Waals surface area contributed by atoms with Crippen molar-refractivity contribution in [1.29, 1.82) is 0 Å². The predicted octanol–water partition coefficient (Wildman–Crippen LogP) is 5.47. The molecule has 0 aliphatic rings. The second-order valence-corrected chi connectivity index (χ2v) is 10.3. The number of pyridine rings is 3. The second-order valence-electron chi connectivity index (χ2n) is 9.84. The van der Waals surface area contributed by atoms with E-state index >= 15 is 0 Å². The van der Waals surface area contributed by atoms with Crippen LogP contribution in [0.1, 0.15) is 12.5 Å². The van der Waals surface area contributed by atoms with Crippen molar-refractivity contribution >= 4 is 39.1 Å². The van der Waals surface area contributed by atoms with Crippen molar-refractivity contribution in [2.24, 2.45) is 5.73 Å². The number of benzene rings is 2. The standard InChI is InChI=1S/C31H32ClFN6O3/c1-4-39(16-24-25(32)6-5-7-26(24)33)15-19(34)17-42-20-8-18(12-36-13-20)27-9-21-22-10-29(40-2)30(41-3)11-28(22)37-14-23(21)31(35)38-27/h5-14,19H,4,15-17,34H2,1-3H3,(H2,35,38)/t19-/m1/s1. The van der Waals surface area contributed by atoms with E-state index in [9.17, 15) is 4.39 Å². The van der Waals surface area contributed by atoms with Crippen molar-refractivity contribution in [3.05, 3.63) is 77.5 Å². The SMILES string of the molecule is CCN(Cc1c(F)cccc1Cl)C[C@@H](N)COc1cncc(-c2cc3c(cnc4cc(OC)c(OC)cc43)c(N)n2)c1. The third-order valence-corrected chi connectivity index (χ3v) is 7.42. The van der Waals surface area contributed by atoms with Gasteiger partial charge in [0.1, 0.15) is 24.0 Å². The van der Waals surface area contributed by atoms with E-state index in [4.69, 9.17) is 37.3 Å². The van der Waals surface area contributed by atoms with E-state index in [0.717, 1.165) is 27.2 Å². The van der Waals surface area contributed by atoms with E-state index in [2.05, 4.69) is 15.0 Å². The van der Waals surface area contributed by atoms with E-state index in [1.54, 1.807) is 44.9 Å². The first-order valence-corrected chi connectivity index (χ1v) is 13.8. The highest BCUT2D eigenvalue weighted by molar-refractivity contribution is 6.31. The topological polar surface area (TPSA) is 122 Å². The number of methoxy groups -OCH3 is 2. The number of ether oxygens (including phenoxy) is 3. The second kappa shape index (κ2) is 12.7. The lowest BCUT2D eigenvalue weighted by Crippen LogP contribution is -2.41. The van der Waals surface area contributed by atoms with Gasteiger partial charge < -0.3 is 25.7 Å². The van der Waals surface area contributed by atoms with Crippen molar-refractivity contribution in [2.75, 3.05) is 39.6 Å². The lowest BCUT2D eigenvalue weighted by Gasteiger charge is -2.25. The summed E-state index contributed by atoms with van der Waals surface area (Å²) in [5, 5.41) is 2.84. The van der Waals surface area contributed by atoms with Gasteiger partial charge in [-0.2, -0.15) is 0 Å². The van der Waals surface area contributed by atoms with Crippen molar-refractivity contribution in [3.63, 3.8) is 0 Å². The molecule has 0 spiro atoms. The molecule has 42 heavy (non-hydrogen) atoms. The van der Waals surface area contributed by atoms with Crippen LogP contribution in [0.5, 0.6) is 17.2 Å². The van der Waals surface area contributed by atoms with Crippen LogP contribution < -0.4 is 25.7 Å². The monoisotopic (exact) mass is 590 g/mol. The van der Waals surface area contributed by atoms with Crippen LogP contribution in [0.25, 0.3) is 32.9 Å². The highest BCUT2D eigenvalue weighted by Gasteiger charge is 2.16. The Morgan fingerprint density at radius 1 is 1.00 bits per heavy atom. The van der Waals surface area contributed by atoms with Gasteiger partial charge in [-0.15, -0.1) is 0 Å². The van der Waals surface area contributed by atoms with Gasteiger partial charge in [0, 0.05) is 58.5 Å². The Labute approximate surface area is 248 Å².